The minimum Gasteiger partial charge on any atom is -0.454 e. The molecule has 0 spiro atoms. The molecule has 7 nitrogen and oxygen atoms in total. The molecule has 1 amide bonds. The fourth-order valence-corrected chi connectivity index (χ4v) is 3.66. The third-order valence-electron chi connectivity index (χ3n) is 5.30. The molecule has 0 saturated carbocycles. The molecule has 5 rings (SSSR count). The van der Waals surface area contributed by atoms with Crippen LogP contribution in [-0.2, 0) is 0 Å². The second-order valence-electron chi connectivity index (χ2n) is 7.10. The maximum atomic E-state index is 13.1. The van der Waals surface area contributed by atoms with Crippen molar-refractivity contribution in [1.29, 1.82) is 0 Å². The molecule has 1 fully saturated rings. The minimum absolute atomic E-state index is 0.0284. The summed E-state index contributed by atoms with van der Waals surface area (Å²) in [4.78, 5) is 19.1. The molecule has 0 unspecified atom stereocenters. The van der Waals surface area contributed by atoms with Gasteiger partial charge in [-0.3, -0.25) is 4.79 Å². The fourth-order valence-electron chi connectivity index (χ4n) is 3.66. The van der Waals surface area contributed by atoms with E-state index >= 15 is 0 Å². The van der Waals surface area contributed by atoms with Gasteiger partial charge < -0.3 is 18.9 Å². The van der Waals surface area contributed by atoms with E-state index in [4.69, 9.17) is 14.0 Å². The highest BCUT2D eigenvalue weighted by atomic mass is 19.1. The zero-order valence-corrected chi connectivity index (χ0v) is 15.5. The number of amides is 1. The highest BCUT2D eigenvalue weighted by Crippen LogP contribution is 2.34. The van der Waals surface area contributed by atoms with E-state index in [1.807, 2.05) is 4.90 Å². The summed E-state index contributed by atoms with van der Waals surface area (Å²) in [6.45, 7) is 1.39. The van der Waals surface area contributed by atoms with Gasteiger partial charge in [0.2, 0.25) is 18.5 Å². The van der Waals surface area contributed by atoms with Crippen LogP contribution >= 0.6 is 0 Å². The highest BCUT2D eigenvalue weighted by Gasteiger charge is 2.29. The van der Waals surface area contributed by atoms with E-state index in [9.17, 15) is 9.18 Å². The third kappa shape index (κ3) is 3.41. The maximum Gasteiger partial charge on any atom is 0.253 e. The average molecular weight is 395 g/mol. The van der Waals surface area contributed by atoms with Gasteiger partial charge in [-0.1, -0.05) is 5.16 Å². The molecule has 0 aliphatic carbocycles. The minimum atomic E-state index is -0.308. The van der Waals surface area contributed by atoms with Gasteiger partial charge in [0.25, 0.3) is 5.91 Å². The smallest absolute Gasteiger partial charge is 0.253 e. The average Bonchev–Trinajstić information content (AvgIpc) is 3.43. The van der Waals surface area contributed by atoms with Gasteiger partial charge in [0.15, 0.2) is 11.5 Å². The largest absolute Gasteiger partial charge is 0.454 e. The number of ether oxygens (including phenoxy) is 2. The first-order valence-electron chi connectivity index (χ1n) is 9.46. The molecule has 1 saturated heterocycles. The number of aromatic nitrogens is 2. The van der Waals surface area contributed by atoms with Crippen LogP contribution in [0, 0.1) is 5.82 Å². The molecule has 3 aromatic rings. The summed E-state index contributed by atoms with van der Waals surface area (Å²) >= 11 is 0. The SMILES string of the molecule is O=C(c1ccc2c(c1)OCO2)N1CCC(c2nc(-c3ccc(F)cc3)no2)CC1. The normalized spacial score (nSPS) is 16.2. The van der Waals surface area contributed by atoms with Crippen molar-refractivity contribution in [2.75, 3.05) is 19.9 Å². The summed E-state index contributed by atoms with van der Waals surface area (Å²) in [5.74, 6) is 2.02. The number of piperidine rings is 1. The van der Waals surface area contributed by atoms with Crippen molar-refractivity contribution < 1.29 is 23.2 Å². The van der Waals surface area contributed by atoms with E-state index in [2.05, 4.69) is 10.1 Å². The topological polar surface area (TPSA) is 77.7 Å². The molecule has 1 aromatic heterocycles. The first-order chi connectivity index (χ1) is 14.2. The number of halogens is 1. The van der Waals surface area contributed by atoms with Crippen molar-refractivity contribution in [3.8, 4) is 22.9 Å². The van der Waals surface area contributed by atoms with Gasteiger partial charge in [0, 0.05) is 30.1 Å². The van der Waals surface area contributed by atoms with E-state index in [0.717, 1.165) is 12.8 Å². The van der Waals surface area contributed by atoms with Gasteiger partial charge in [-0.05, 0) is 55.3 Å². The van der Waals surface area contributed by atoms with Gasteiger partial charge in [0.1, 0.15) is 5.82 Å². The Morgan fingerprint density at radius 3 is 2.59 bits per heavy atom. The summed E-state index contributed by atoms with van der Waals surface area (Å²) in [6.07, 6.45) is 1.47. The molecule has 0 N–H and O–H groups in total. The Labute approximate surface area is 166 Å². The van der Waals surface area contributed by atoms with Gasteiger partial charge >= 0.3 is 0 Å². The molecule has 0 bridgehead atoms. The number of hydrogen-bond donors (Lipinski definition) is 0. The van der Waals surface area contributed by atoms with Crippen LogP contribution in [0.3, 0.4) is 0 Å². The molecule has 0 atom stereocenters. The summed E-state index contributed by atoms with van der Waals surface area (Å²) in [5, 5.41) is 4.01. The van der Waals surface area contributed by atoms with Crippen molar-refractivity contribution in [1.82, 2.24) is 15.0 Å². The van der Waals surface area contributed by atoms with E-state index in [0.29, 0.717) is 47.4 Å². The molecular formula is C21H18FN3O4. The number of carbonyl (C=O) groups excluding carboxylic acids is 1. The first-order valence-corrected chi connectivity index (χ1v) is 9.46. The summed E-state index contributed by atoms with van der Waals surface area (Å²) in [6, 6.07) is 11.2. The number of nitrogens with zero attached hydrogens (tertiary/aromatic N) is 3. The first kappa shape index (κ1) is 17.7. The summed E-state index contributed by atoms with van der Waals surface area (Å²) < 4.78 is 29.2. The number of likely N-dealkylation sites (tertiary alicyclic amines) is 1. The molecule has 8 heteroatoms. The lowest BCUT2D eigenvalue weighted by Gasteiger charge is -2.30. The van der Waals surface area contributed by atoms with Crippen LogP contribution in [-0.4, -0.2) is 40.8 Å². The Morgan fingerprint density at radius 1 is 1.03 bits per heavy atom. The molecule has 2 aromatic carbocycles. The van der Waals surface area contributed by atoms with Crippen LogP contribution in [0.25, 0.3) is 11.4 Å². The zero-order valence-electron chi connectivity index (χ0n) is 15.5. The Hall–Kier alpha value is -3.42. The van der Waals surface area contributed by atoms with Crippen LogP contribution in [0.15, 0.2) is 47.0 Å². The highest BCUT2D eigenvalue weighted by molar-refractivity contribution is 5.95. The molecule has 0 radical (unpaired) electrons. The molecule has 2 aliphatic rings. The monoisotopic (exact) mass is 395 g/mol. The summed E-state index contributed by atoms with van der Waals surface area (Å²) in [5.41, 5.74) is 1.29. The fraction of sp³-hybridized carbons (Fsp3) is 0.286. The maximum absolute atomic E-state index is 13.1. The van der Waals surface area contributed by atoms with Crippen molar-refractivity contribution in [2.24, 2.45) is 0 Å². The number of hydrogen-bond acceptors (Lipinski definition) is 6. The Morgan fingerprint density at radius 2 is 1.79 bits per heavy atom. The quantitative estimate of drug-likeness (QED) is 0.674. The zero-order chi connectivity index (χ0) is 19.8. The molecule has 2 aliphatic heterocycles. The van der Waals surface area contributed by atoms with E-state index in [1.54, 1.807) is 30.3 Å². The second-order valence-corrected chi connectivity index (χ2v) is 7.10. The lowest BCUT2D eigenvalue weighted by molar-refractivity contribution is 0.0704. The molecule has 29 heavy (non-hydrogen) atoms. The molecule has 3 heterocycles. The van der Waals surface area contributed by atoms with E-state index in [1.165, 1.54) is 12.1 Å². The third-order valence-corrected chi connectivity index (χ3v) is 5.30. The van der Waals surface area contributed by atoms with Crippen LogP contribution in [0.5, 0.6) is 11.5 Å². The van der Waals surface area contributed by atoms with Crippen molar-refractivity contribution in [3.05, 3.63) is 59.7 Å². The van der Waals surface area contributed by atoms with Crippen molar-refractivity contribution in [2.45, 2.75) is 18.8 Å². The predicted octanol–water partition coefficient (Wildman–Crippen LogP) is 3.62. The van der Waals surface area contributed by atoms with E-state index < -0.39 is 0 Å². The Bertz CT molecular complexity index is 1040. The second kappa shape index (κ2) is 7.20. The van der Waals surface area contributed by atoms with Crippen LogP contribution in [0.1, 0.15) is 35.0 Å². The van der Waals surface area contributed by atoms with E-state index in [-0.39, 0.29) is 24.4 Å². The van der Waals surface area contributed by atoms with Crippen molar-refractivity contribution in [3.63, 3.8) is 0 Å². The van der Waals surface area contributed by atoms with Crippen molar-refractivity contribution >= 4 is 5.91 Å². The van der Waals surface area contributed by atoms with Crippen LogP contribution in [0.2, 0.25) is 0 Å². The van der Waals surface area contributed by atoms with Crippen LogP contribution in [0.4, 0.5) is 4.39 Å². The number of carbonyl (C=O) groups is 1. The number of benzene rings is 2. The van der Waals surface area contributed by atoms with Crippen LogP contribution < -0.4 is 9.47 Å². The Kier molecular flexibility index (Phi) is 4.38. The predicted molar refractivity (Wildman–Crippen MR) is 100 cm³/mol. The van der Waals surface area contributed by atoms with Gasteiger partial charge in [-0.2, -0.15) is 4.98 Å². The summed E-state index contributed by atoms with van der Waals surface area (Å²) in [7, 11) is 0. The van der Waals surface area contributed by atoms with Gasteiger partial charge in [-0.25, -0.2) is 4.39 Å². The lowest BCUT2D eigenvalue weighted by Crippen LogP contribution is -2.38. The standard InChI is InChI=1S/C21H18FN3O4/c22-16-4-1-13(2-5-16)19-23-20(29-24-19)14-7-9-25(10-8-14)21(26)15-3-6-17-18(11-15)28-12-27-17/h1-6,11,14H,7-10,12H2. The number of rotatable bonds is 3. The van der Waals surface area contributed by atoms with Gasteiger partial charge in [-0.15, -0.1) is 0 Å². The molecular weight excluding hydrogens is 377 g/mol. The molecule has 148 valence electrons. The lowest BCUT2D eigenvalue weighted by atomic mass is 9.96. The number of fused-ring (bicyclic) bond motifs is 1. The Balaban J connectivity index is 1.24. The van der Waals surface area contributed by atoms with Gasteiger partial charge in [0.05, 0.1) is 0 Å².